The van der Waals surface area contributed by atoms with Crippen molar-refractivity contribution in [3.8, 4) is 11.5 Å². The molecule has 2 rings (SSSR count). The summed E-state index contributed by atoms with van der Waals surface area (Å²) < 4.78 is 0. The molecule has 2 aromatic rings. The molecule has 0 radical (unpaired) electrons. The van der Waals surface area contributed by atoms with Gasteiger partial charge in [-0.3, -0.25) is 0 Å². The highest BCUT2D eigenvalue weighted by Crippen LogP contribution is 2.53. The fourth-order valence-corrected chi connectivity index (χ4v) is 14.2. The summed E-state index contributed by atoms with van der Waals surface area (Å²) in [5.41, 5.74) is 7.16. The molecule has 0 aliphatic carbocycles. The minimum atomic E-state index is -2.62. The van der Waals surface area contributed by atoms with Crippen molar-refractivity contribution in [1.29, 1.82) is 0 Å². The topological polar surface area (TPSA) is 162 Å². The Labute approximate surface area is 548 Å². The van der Waals surface area contributed by atoms with Crippen LogP contribution in [-0.2, 0) is 16.2 Å². The normalized spacial score (nSPS) is 12.3. The van der Waals surface area contributed by atoms with Crippen LogP contribution in [0.1, 0.15) is 424 Å². The third-order valence-corrected chi connectivity index (χ3v) is 19.6. The molecular weight excluding hydrogens is 1130 g/mol. The third kappa shape index (κ3) is 42.8. The minimum Gasteiger partial charge on any atom is -0.508 e. The van der Waals surface area contributed by atoms with Gasteiger partial charge in [-0.1, -0.05) is 364 Å². The van der Waals surface area contributed by atoms with Gasteiger partial charge in [0, 0.05) is 5.41 Å². The van der Waals surface area contributed by atoms with E-state index in [1.807, 2.05) is 0 Å². The second-order valence-corrected chi connectivity index (χ2v) is 30.7. The molecule has 0 bridgehead atoms. The lowest BCUT2D eigenvalue weighted by Gasteiger charge is -2.44. The number of hydrogen-bond acceptors (Lipinski definition) is 8. The Morgan fingerprint density at radius 1 is 0.261 bits per heavy atom. The maximum Gasteiger partial charge on any atom is 0.324 e. The number of benzene rings is 2. The van der Waals surface area contributed by atoms with Gasteiger partial charge in [-0.2, -0.15) is 0 Å². The van der Waals surface area contributed by atoms with Crippen molar-refractivity contribution in [2.24, 2.45) is 5.41 Å². The molecule has 0 heterocycles. The van der Waals surface area contributed by atoms with Crippen molar-refractivity contribution in [2.45, 2.75) is 420 Å². The van der Waals surface area contributed by atoms with E-state index in [0.717, 1.165) is 24.0 Å². The molecule has 0 atom stereocenters. The van der Waals surface area contributed by atoms with Gasteiger partial charge in [-0.25, -0.2) is 0 Å². The van der Waals surface area contributed by atoms with E-state index in [9.17, 15) is 10.2 Å². The summed E-state index contributed by atoms with van der Waals surface area (Å²) in [5, 5.41) is 23.7. The zero-order chi connectivity index (χ0) is 66.0. The van der Waals surface area contributed by atoms with Gasteiger partial charge in [0.15, 0.2) is 0 Å². The number of phenols is 2. The van der Waals surface area contributed by atoms with E-state index in [0.29, 0.717) is 16.9 Å². The van der Waals surface area contributed by atoms with Crippen LogP contribution in [0.15, 0.2) is 24.3 Å². The highest BCUT2D eigenvalue weighted by atomic mass is 31.2. The molecule has 0 spiro atoms. The first-order valence-electron chi connectivity index (χ1n) is 37.4. The van der Waals surface area contributed by atoms with Crippen molar-refractivity contribution >= 4 is 17.2 Å². The summed E-state index contributed by atoms with van der Waals surface area (Å²) in [6.45, 7) is 27.7. The van der Waals surface area contributed by atoms with E-state index >= 15 is 0 Å². The van der Waals surface area contributed by atoms with Crippen LogP contribution >= 0.6 is 17.2 Å². The summed E-state index contributed by atoms with van der Waals surface area (Å²) in [5.74, 6) is 0.887. The molecule has 8 N–H and O–H groups in total. The molecule has 88 heavy (non-hydrogen) atoms. The van der Waals surface area contributed by atoms with Crippen LogP contribution in [0.25, 0.3) is 0 Å². The van der Waals surface area contributed by atoms with Crippen LogP contribution in [0.4, 0.5) is 0 Å². The average molecular weight is 1280 g/mol. The molecule has 0 aliphatic rings. The summed E-state index contributed by atoms with van der Waals surface area (Å²) in [6.07, 6.45) is 68.7. The van der Waals surface area contributed by atoms with E-state index in [1.165, 1.54) is 330 Å². The molecule has 0 amide bonds. The van der Waals surface area contributed by atoms with Crippen molar-refractivity contribution in [3.05, 3.63) is 57.6 Å². The van der Waals surface area contributed by atoms with Crippen LogP contribution in [0.3, 0.4) is 0 Å². The number of hydrogen-bond donors (Lipinski definition) is 8. The first kappa shape index (κ1) is 86.7. The van der Waals surface area contributed by atoms with Crippen LogP contribution in [0, 0.1) is 19.3 Å². The van der Waals surface area contributed by atoms with Gasteiger partial charge < -0.3 is 39.6 Å². The lowest BCUT2D eigenvalue weighted by Crippen LogP contribution is -2.34. The Morgan fingerprint density at radius 3 is 0.659 bits per heavy atom. The Balaban J connectivity index is 0.00000887. The minimum absolute atomic E-state index is 0.196. The van der Waals surface area contributed by atoms with Gasteiger partial charge in [0.1, 0.15) is 11.5 Å². The van der Waals surface area contributed by atoms with E-state index in [2.05, 4.69) is 107 Å². The van der Waals surface area contributed by atoms with Gasteiger partial charge in [0.05, 0.1) is 0 Å². The molecule has 518 valence electrons. The van der Waals surface area contributed by atoms with Crippen molar-refractivity contribution in [2.75, 3.05) is 0 Å². The van der Waals surface area contributed by atoms with Gasteiger partial charge in [-0.15, -0.1) is 0 Å². The number of aryl methyl sites for hydroxylation is 2. The number of unbranched alkanes of at least 4 members (excludes halogenated alkanes) is 40. The monoisotopic (exact) mass is 1280 g/mol. The lowest BCUT2D eigenvalue weighted by molar-refractivity contribution is 0.158. The first-order valence-corrected chi connectivity index (χ1v) is 39.8. The first-order chi connectivity index (χ1) is 42.0. The maximum atomic E-state index is 11.8. The van der Waals surface area contributed by atoms with Crippen LogP contribution in [0.2, 0.25) is 0 Å². The molecule has 0 unspecified atom stereocenters. The van der Waals surface area contributed by atoms with Crippen LogP contribution in [0.5, 0.6) is 11.5 Å². The van der Waals surface area contributed by atoms with Gasteiger partial charge in [0.2, 0.25) is 0 Å². The Morgan fingerprint density at radius 2 is 0.455 bits per heavy atom. The zero-order valence-corrected chi connectivity index (χ0v) is 61.9. The summed E-state index contributed by atoms with van der Waals surface area (Å²) in [7, 11) is -5.24. The number of rotatable bonds is 53. The summed E-state index contributed by atoms with van der Waals surface area (Å²) in [4.78, 5) is 43.4. The second-order valence-electron chi connectivity index (χ2n) is 29.6. The molecule has 0 aromatic heterocycles. The number of aromatic hydroxyl groups is 2. The van der Waals surface area contributed by atoms with E-state index < -0.39 is 17.2 Å². The van der Waals surface area contributed by atoms with Gasteiger partial charge >= 0.3 is 17.2 Å². The fourth-order valence-electron chi connectivity index (χ4n) is 14.2. The van der Waals surface area contributed by atoms with Crippen LogP contribution in [-0.4, -0.2) is 39.6 Å². The average Bonchev–Trinajstić information content (AvgIpc) is 1.03. The second kappa shape index (κ2) is 54.0. The molecule has 10 heteroatoms. The molecule has 0 saturated carbocycles. The Hall–Kier alpha value is -1.34. The molecule has 0 fully saturated rings. The predicted molar refractivity (Wildman–Crippen MR) is 387 cm³/mol. The largest absolute Gasteiger partial charge is 0.508 e. The smallest absolute Gasteiger partial charge is 0.324 e. The van der Waals surface area contributed by atoms with Crippen molar-refractivity contribution in [1.82, 2.24) is 0 Å². The van der Waals surface area contributed by atoms with Gasteiger partial charge in [-0.05, 0) is 114 Å². The van der Waals surface area contributed by atoms with Crippen molar-refractivity contribution < 1.29 is 39.6 Å². The van der Waals surface area contributed by atoms with Crippen LogP contribution < -0.4 is 0 Å². The van der Waals surface area contributed by atoms with E-state index in [1.54, 1.807) is 0 Å². The maximum absolute atomic E-state index is 11.8. The fraction of sp³-hybridized carbons (Fsp3) is 0.846. The summed E-state index contributed by atoms with van der Waals surface area (Å²) in [6, 6.07) is 9.26. The number of phenolic OH excluding ortho intramolecular Hbond substituents is 2. The van der Waals surface area contributed by atoms with Crippen molar-refractivity contribution in [3.63, 3.8) is 0 Å². The predicted octanol–water partition coefficient (Wildman–Crippen LogP) is 25.5. The highest BCUT2D eigenvalue weighted by Gasteiger charge is 2.42. The Bertz CT molecular complexity index is 1760. The van der Waals surface area contributed by atoms with E-state index in [-0.39, 0.29) is 16.2 Å². The quantitative estimate of drug-likeness (QED) is 0.0240. The molecule has 2 aromatic carbocycles. The molecular formula is C78H148O8P2. The highest BCUT2D eigenvalue weighted by molar-refractivity contribution is 7.38. The van der Waals surface area contributed by atoms with E-state index in [4.69, 9.17) is 29.4 Å². The molecule has 0 aliphatic heterocycles. The molecule has 0 saturated heterocycles. The Kier molecular flexibility index (Phi) is 53.1. The SMILES string of the molecule is CCCCCCCCCCCCCC(CCCCCCCCCCCCC)(CCCCCCCCCCCCC)CCC(CCCCCCCCCCCCC)(c1cc(C(C)(C)C)c(O)cc1C)c1cc(C(C)(C)C)c(O)cc1C.OP(O)O.OP(O)O. The molecule has 8 nitrogen and oxygen atoms in total. The lowest BCUT2D eigenvalue weighted by atomic mass is 9.60. The summed E-state index contributed by atoms with van der Waals surface area (Å²) >= 11 is 0. The standard InChI is InChI=1S/C78H142O2.2H3O3P/c1-13-17-21-25-29-33-37-41-45-49-53-57-77(58-54-50-46-42-38-34-30-26-22-18-14-2,59-55-51-47-43-39-35-31-27-23-19-15-3)61-62-78(60-56-52-48-44-40-36-32-28-24-20-16-4,69-65-71(75(7,8)9)73(79)63-67(69)5)70-66-72(76(10,11)12)74(80)64-68(70)6;2*1-4(2)3/h63-66,79-80H,13-62H2,1-12H3;2*1-3H. The van der Waals surface area contributed by atoms with Gasteiger partial charge in [0.25, 0.3) is 0 Å². The third-order valence-electron chi connectivity index (χ3n) is 19.6. The zero-order valence-electron chi connectivity index (χ0n) is 60.1.